The van der Waals surface area contributed by atoms with Crippen LogP contribution in [0.1, 0.15) is 32.1 Å². The highest BCUT2D eigenvalue weighted by molar-refractivity contribution is 5.78. The zero-order valence-electron chi connectivity index (χ0n) is 14.9. The van der Waals surface area contributed by atoms with Crippen LogP contribution in [0.25, 0.3) is 10.9 Å². The lowest BCUT2D eigenvalue weighted by atomic mass is 9.83. The number of fused-ring (bicyclic) bond motifs is 2. The Morgan fingerprint density at radius 2 is 2.00 bits per heavy atom. The zero-order chi connectivity index (χ0) is 17.9. The molecule has 1 amide bonds. The van der Waals surface area contributed by atoms with Crippen LogP contribution in [0.15, 0.2) is 29.1 Å². The summed E-state index contributed by atoms with van der Waals surface area (Å²) in [6.45, 7) is 2.97. The van der Waals surface area contributed by atoms with Crippen molar-refractivity contribution >= 4 is 16.8 Å². The summed E-state index contributed by atoms with van der Waals surface area (Å²) in [6.07, 6.45) is 6.17. The standard InChI is InChI=1S/C19H25N5O2/c25-18(13-24-19(26)15-7-1-2-8-16(15)21-22-24)20-12-14-6-5-11-23-10-4-3-9-17(14)23/h1-2,7-8,14,17H,3-6,9-13H2,(H,20,25). The van der Waals surface area contributed by atoms with Crippen LogP contribution in [0.3, 0.4) is 0 Å². The Hall–Kier alpha value is -2.28. The third kappa shape index (κ3) is 3.49. The lowest BCUT2D eigenvalue weighted by molar-refractivity contribution is -0.122. The van der Waals surface area contributed by atoms with Gasteiger partial charge in [0.15, 0.2) is 0 Å². The van der Waals surface area contributed by atoms with Gasteiger partial charge >= 0.3 is 0 Å². The fourth-order valence-electron chi connectivity index (χ4n) is 4.38. The molecule has 2 fully saturated rings. The topological polar surface area (TPSA) is 80.1 Å². The van der Waals surface area contributed by atoms with E-state index in [1.54, 1.807) is 18.2 Å². The average molecular weight is 355 g/mol. The molecule has 1 aromatic heterocycles. The van der Waals surface area contributed by atoms with E-state index in [-0.39, 0.29) is 18.0 Å². The minimum absolute atomic E-state index is 0.0855. The van der Waals surface area contributed by atoms with Gasteiger partial charge in [-0.25, -0.2) is 4.68 Å². The van der Waals surface area contributed by atoms with E-state index < -0.39 is 0 Å². The van der Waals surface area contributed by atoms with Crippen molar-refractivity contribution in [3.63, 3.8) is 0 Å². The number of aromatic nitrogens is 3. The number of carbonyl (C=O) groups is 1. The maximum Gasteiger partial charge on any atom is 0.278 e. The van der Waals surface area contributed by atoms with Gasteiger partial charge in [0.25, 0.3) is 5.56 Å². The normalized spacial score (nSPS) is 23.5. The molecule has 4 rings (SSSR count). The minimum atomic E-state index is -0.276. The number of nitrogens with zero attached hydrogens (tertiary/aromatic N) is 4. The molecule has 0 spiro atoms. The van der Waals surface area contributed by atoms with Gasteiger partial charge in [-0.05, 0) is 56.8 Å². The van der Waals surface area contributed by atoms with Gasteiger partial charge < -0.3 is 10.2 Å². The highest BCUT2D eigenvalue weighted by Gasteiger charge is 2.32. The summed E-state index contributed by atoms with van der Waals surface area (Å²) >= 11 is 0. The van der Waals surface area contributed by atoms with Crippen molar-refractivity contribution in [3.05, 3.63) is 34.6 Å². The van der Waals surface area contributed by atoms with E-state index in [0.717, 1.165) is 11.1 Å². The van der Waals surface area contributed by atoms with Crippen LogP contribution >= 0.6 is 0 Å². The Morgan fingerprint density at radius 1 is 1.15 bits per heavy atom. The number of piperidine rings is 2. The van der Waals surface area contributed by atoms with Crippen LogP contribution in [0, 0.1) is 5.92 Å². The van der Waals surface area contributed by atoms with Gasteiger partial charge in [-0.3, -0.25) is 9.59 Å². The molecule has 2 atom stereocenters. The molecule has 7 heteroatoms. The monoisotopic (exact) mass is 355 g/mol. The fourth-order valence-corrected chi connectivity index (χ4v) is 4.38. The van der Waals surface area contributed by atoms with Crippen molar-refractivity contribution in [2.75, 3.05) is 19.6 Å². The SMILES string of the molecule is O=C(Cn1nnc2ccccc2c1=O)NCC1CCCN2CCCCC12. The number of hydrogen-bond acceptors (Lipinski definition) is 5. The highest BCUT2D eigenvalue weighted by Crippen LogP contribution is 2.30. The minimum Gasteiger partial charge on any atom is -0.354 e. The first-order valence-corrected chi connectivity index (χ1v) is 9.55. The second kappa shape index (κ2) is 7.53. The van der Waals surface area contributed by atoms with Gasteiger partial charge in [-0.2, -0.15) is 0 Å². The molecule has 3 heterocycles. The van der Waals surface area contributed by atoms with E-state index in [4.69, 9.17) is 0 Å². The van der Waals surface area contributed by atoms with Crippen molar-refractivity contribution in [3.8, 4) is 0 Å². The van der Waals surface area contributed by atoms with Crippen molar-refractivity contribution < 1.29 is 4.79 Å². The third-order valence-electron chi connectivity index (χ3n) is 5.71. The molecule has 26 heavy (non-hydrogen) atoms. The molecule has 2 aliphatic heterocycles. The van der Waals surface area contributed by atoms with Gasteiger partial charge in [0.1, 0.15) is 12.1 Å². The largest absolute Gasteiger partial charge is 0.354 e. The number of benzene rings is 1. The van der Waals surface area contributed by atoms with Crippen molar-refractivity contribution in [2.24, 2.45) is 5.92 Å². The Labute approximate surface area is 152 Å². The molecular weight excluding hydrogens is 330 g/mol. The summed E-state index contributed by atoms with van der Waals surface area (Å²) in [6, 6.07) is 7.65. The molecule has 138 valence electrons. The molecule has 0 bridgehead atoms. The number of amides is 1. The maximum atomic E-state index is 12.4. The maximum absolute atomic E-state index is 12.4. The smallest absolute Gasteiger partial charge is 0.278 e. The van der Waals surface area contributed by atoms with Crippen molar-refractivity contribution in [1.29, 1.82) is 0 Å². The average Bonchev–Trinajstić information content (AvgIpc) is 2.69. The van der Waals surface area contributed by atoms with Gasteiger partial charge in [-0.15, -0.1) is 5.10 Å². The molecular formula is C19H25N5O2. The molecule has 7 nitrogen and oxygen atoms in total. The van der Waals surface area contributed by atoms with Crippen molar-refractivity contribution in [2.45, 2.75) is 44.7 Å². The van der Waals surface area contributed by atoms with Crippen LogP contribution in [0.4, 0.5) is 0 Å². The number of carbonyl (C=O) groups excluding carboxylic acids is 1. The summed E-state index contributed by atoms with van der Waals surface area (Å²) in [5.41, 5.74) is 0.274. The Kier molecular flexibility index (Phi) is 4.97. The summed E-state index contributed by atoms with van der Waals surface area (Å²) in [7, 11) is 0. The lowest BCUT2D eigenvalue weighted by Crippen LogP contribution is -2.51. The first-order valence-electron chi connectivity index (χ1n) is 9.55. The summed E-state index contributed by atoms with van der Waals surface area (Å²) in [5.74, 6) is 0.331. The van der Waals surface area contributed by atoms with Crippen LogP contribution in [0.2, 0.25) is 0 Å². The van der Waals surface area contributed by atoms with E-state index >= 15 is 0 Å². The van der Waals surface area contributed by atoms with E-state index in [1.165, 1.54) is 38.8 Å². The van der Waals surface area contributed by atoms with Crippen molar-refractivity contribution in [1.82, 2.24) is 25.2 Å². The molecule has 2 saturated heterocycles. The third-order valence-corrected chi connectivity index (χ3v) is 5.71. The van der Waals surface area contributed by atoms with Gasteiger partial charge in [0, 0.05) is 12.6 Å². The van der Waals surface area contributed by atoms with Gasteiger partial charge in [0.05, 0.1) is 5.39 Å². The predicted octanol–water partition coefficient (Wildman–Crippen LogP) is 1.17. The summed E-state index contributed by atoms with van der Waals surface area (Å²) < 4.78 is 1.14. The van der Waals surface area contributed by atoms with Crippen LogP contribution in [-0.4, -0.2) is 51.5 Å². The fraction of sp³-hybridized carbons (Fsp3) is 0.579. The summed E-state index contributed by atoms with van der Waals surface area (Å²) in [5, 5.41) is 11.4. The van der Waals surface area contributed by atoms with Crippen LogP contribution < -0.4 is 10.9 Å². The molecule has 0 aliphatic carbocycles. The van der Waals surface area contributed by atoms with Gasteiger partial charge in [0.2, 0.25) is 5.91 Å². The number of rotatable bonds is 4. The van der Waals surface area contributed by atoms with Gasteiger partial charge in [-0.1, -0.05) is 23.8 Å². The molecule has 0 radical (unpaired) electrons. The Morgan fingerprint density at radius 3 is 2.92 bits per heavy atom. The van der Waals surface area contributed by atoms with E-state index in [9.17, 15) is 9.59 Å². The molecule has 2 aliphatic rings. The van der Waals surface area contributed by atoms with E-state index in [0.29, 0.717) is 29.4 Å². The quantitative estimate of drug-likeness (QED) is 0.891. The molecule has 2 aromatic rings. The Bertz CT molecular complexity index is 847. The second-order valence-corrected chi connectivity index (χ2v) is 7.37. The van der Waals surface area contributed by atoms with Crippen LogP contribution in [-0.2, 0) is 11.3 Å². The number of hydrogen-bond donors (Lipinski definition) is 1. The first kappa shape index (κ1) is 17.1. The molecule has 0 saturated carbocycles. The van der Waals surface area contributed by atoms with Crippen LogP contribution in [0.5, 0.6) is 0 Å². The summed E-state index contributed by atoms with van der Waals surface area (Å²) in [4.78, 5) is 27.4. The number of nitrogens with one attached hydrogen (secondary N) is 1. The highest BCUT2D eigenvalue weighted by atomic mass is 16.2. The predicted molar refractivity (Wildman–Crippen MR) is 98.7 cm³/mol. The lowest BCUT2D eigenvalue weighted by Gasteiger charge is -2.44. The molecule has 1 N–H and O–H groups in total. The first-order chi connectivity index (χ1) is 12.7. The zero-order valence-corrected chi connectivity index (χ0v) is 14.9. The molecule has 2 unspecified atom stereocenters. The second-order valence-electron chi connectivity index (χ2n) is 7.37. The molecule has 1 aromatic carbocycles. The van der Waals surface area contributed by atoms with E-state index in [2.05, 4.69) is 20.5 Å². The van der Waals surface area contributed by atoms with E-state index in [1.807, 2.05) is 6.07 Å². The Balaban J connectivity index is 1.38.